The van der Waals surface area contributed by atoms with Crippen LogP contribution in [0.3, 0.4) is 0 Å². The number of amides is 2. The van der Waals surface area contributed by atoms with E-state index in [2.05, 4.69) is 10.6 Å². The number of nitrogens with two attached hydrogens (primary N) is 1. The standard InChI is InChI=1S/C16H23F2N3O5S/c1-20-15(25)21-9-4-2-8(3-5-9)16(17,18)14-13(24)12(23)11(22)10(26-14)6-7-27-19/h2-5,10-14,22-24H,6-7,19H2,1H3,(H2,20,21,25)/t10?,11-,12?,13?,14+/m1/s1. The molecule has 1 saturated heterocycles. The Bertz CT molecular complexity index is 637. The highest BCUT2D eigenvalue weighted by molar-refractivity contribution is 7.97. The van der Waals surface area contributed by atoms with Gasteiger partial charge in [0.15, 0.2) is 6.10 Å². The number of benzene rings is 1. The summed E-state index contributed by atoms with van der Waals surface area (Å²) in [5, 5.41) is 40.0. The van der Waals surface area contributed by atoms with Crippen LogP contribution >= 0.6 is 11.9 Å². The highest BCUT2D eigenvalue weighted by Crippen LogP contribution is 2.40. The molecule has 7 N–H and O–H groups in total. The van der Waals surface area contributed by atoms with E-state index in [0.717, 1.165) is 24.1 Å². The summed E-state index contributed by atoms with van der Waals surface area (Å²) in [5.41, 5.74) is -0.170. The molecule has 1 heterocycles. The number of anilines is 1. The fourth-order valence-electron chi connectivity index (χ4n) is 2.81. The third-order valence-electron chi connectivity index (χ3n) is 4.34. The molecule has 0 bridgehead atoms. The summed E-state index contributed by atoms with van der Waals surface area (Å²) >= 11 is 0.950. The molecular formula is C16H23F2N3O5S. The third kappa shape index (κ3) is 4.86. The number of aliphatic hydroxyl groups excluding tert-OH is 3. The Kier molecular flexibility index (Phi) is 7.37. The number of halogens is 2. The van der Waals surface area contributed by atoms with Crippen LogP contribution in [0.1, 0.15) is 12.0 Å². The molecule has 0 saturated carbocycles. The smallest absolute Gasteiger partial charge is 0.318 e. The van der Waals surface area contributed by atoms with Gasteiger partial charge in [-0.15, -0.1) is 0 Å². The van der Waals surface area contributed by atoms with E-state index >= 15 is 0 Å². The van der Waals surface area contributed by atoms with E-state index in [0.29, 0.717) is 11.4 Å². The second kappa shape index (κ2) is 9.13. The van der Waals surface area contributed by atoms with Crippen LogP contribution in [-0.4, -0.2) is 64.7 Å². The van der Waals surface area contributed by atoms with E-state index in [4.69, 9.17) is 9.88 Å². The minimum absolute atomic E-state index is 0.133. The lowest BCUT2D eigenvalue weighted by Gasteiger charge is -2.43. The van der Waals surface area contributed by atoms with Gasteiger partial charge in [-0.1, -0.05) is 24.1 Å². The highest BCUT2D eigenvalue weighted by atomic mass is 32.2. The minimum atomic E-state index is -3.65. The quantitative estimate of drug-likeness (QED) is 0.375. The zero-order chi connectivity index (χ0) is 20.2. The lowest BCUT2D eigenvalue weighted by molar-refractivity contribution is -0.279. The maximum Gasteiger partial charge on any atom is 0.318 e. The molecule has 5 atom stereocenters. The van der Waals surface area contributed by atoms with Crippen molar-refractivity contribution in [2.45, 2.75) is 42.9 Å². The van der Waals surface area contributed by atoms with Crippen LogP contribution in [0.25, 0.3) is 0 Å². The molecule has 0 radical (unpaired) electrons. The number of hydrogen-bond donors (Lipinski definition) is 6. The van der Waals surface area contributed by atoms with E-state index in [1.807, 2.05) is 0 Å². The molecule has 1 aliphatic rings. The number of hydrogen-bond acceptors (Lipinski definition) is 7. The van der Waals surface area contributed by atoms with Crippen LogP contribution in [0.4, 0.5) is 19.3 Å². The molecule has 1 aromatic carbocycles. The number of carbonyl (C=O) groups is 1. The van der Waals surface area contributed by atoms with Gasteiger partial charge in [-0.3, -0.25) is 5.14 Å². The molecule has 1 aliphatic heterocycles. The maximum atomic E-state index is 14.9. The molecule has 0 aliphatic carbocycles. The fraction of sp³-hybridized carbons (Fsp3) is 0.562. The molecule has 1 aromatic rings. The van der Waals surface area contributed by atoms with Gasteiger partial charge in [-0.25, -0.2) is 4.79 Å². The Morgan fingerprint density at radius 3 is 2.41 bits per heavy atom. The SMILES string of the molecule is CNC(=O)Nc1ccc(C(F)(F)[C@H]2OC(CCSN)[C@@H](O)C(O)C2O)cc1. The van der Waals surface area contributed by atoms with Gasteiger partial charge in [0.05, 0.1) is 6.10 Å². The summed E-state index contributed by atoms with van der Waals surface area (Å²) in [6.07, 6.45) is -8.28. The summed E-state index contributed by atoms with van der Waals surface area (Å²) in [6, 6.07) is 4.23. The zero-order valence-electron chi connectivity index (χ0n) is 14.5. The Hall–Kier alpha value is -1.50. The second-order valence-electron chi connectivity index (χ2n) is 6.13. The van der Waals surface area contributed by atoms with Crippen molar-refractivity contribution in [3.8, 4) is 0 Å². The van der Waals surface area contributed by atoms with Crippen molar-refractivity contribution in [1.29, 1.82) is 0 Å². The van der Waals surface area contributed by atoms with Gasteiger partial charge < -0.3 is 30.7 Å². The van der Waals surface area contributed by atoms with Gasteiger partial charge in [0.25, 0.3) is 0 Å². The van der Waals surface area contributed by atoms with Gasteiger partial charge in [0.2, 0.25) is 0 Å². The van der Waals surface area contributed by atoms with E-state index in [1.54, 1.807) is 0 Å². The normalized spacial score (nSPS) is 28.6. The number of rotatable bonds is 6. The number of nitrogens with one attached hydrogen (secondary N) is 2. The third-order valence-corrected chi connectivity index (χ3v) is 4.82. The number of alkyl halides is 2. The van der Waals surface area contributed by atoms with Crippen molar-refractivity contribution >= 4 is 23.7 Å². The first-order valence-corrected chi connectivity index (χ1v) is 9.25. The van der Waals surface area contributed by atoms with Gasteiger partial charge in [0.1, 0.15) is 18.3 Å². The monoisotopic (exact) mass is 407 g/mol. The molecule has 152 valence electrons. The van der Waals surface area contributed by atoms with Gasteiger partial charge in [-0.2, -0.15) is 8.78 Å². The summed E-state index contributed by atoms with van der Waals surface area (Å²) < 4.78 is 35.1. The van der Waals surface area contributed by atoms with Crippen molar-refractivity contribution in [1.82, 2.24) is 5.32 Å². The first-order valence-electron chi connectivity index (χ1n) is 8.20. The van der Waals surface area contributed by atoms with Crippen molar-refractivity contribution in [3.63, 3.8) is 0 Å². The number of urea groups is 1. The fourth-order valence-corrected chi connectivity index (χ4v) is 3.18. The maximum absolute atomic E-state index is 14.9. The Morgan fingerprint density at radius 2 is 1.85 bits per heavy atom. The molecule has 2 amide bonds. The van der Waals surface area contributed by atoms with E-state index in [1.165, 1.54) is 19.2 Å². The van der Waals surface area contributed by atoms with Crippen LogP contribution < -0.4 is 15.8 Å². The molecule has 27 heavy (non-hydrogen) atoms. The second-order valence-corrected chi connectivity index (χ2v) is 6.87. The summed E-state index contributed by atoms with van der Waals surface area (Å²) in [4.78, 5) is 11.3. The van der Waals surface area contributed by atoms with Gasteiger partial charge in [-0.05, 0) is 18.6 Å². The molecule has 3 unspecified atom stereocenters. The molecule has 2 rings (SSSR count). The van der Waals surface area contributed by atoms with E-state index in [-0.39, 0.29) is 6.42 Å². The zero-order valence-corrected chi connectivity index (χ0v) is 15.3. The Morgan fingerprint density at radius 1 is 1.22 bits per heavy atom. The Labute approximate surface area is 159 Å². The average Bonchev–Trinajstić information content (AvgIpc) is 2.65. The largest absolute Gasteiger partial charge is 0.388 e. The number of carbonyl (C=O) groups excluding carboxylic acids is 1. The van der Waals surface area contributed by atoms with Crippen LogP contribution in [0, 0.1) is 0 Å². The van der Waals surface area contributed by atoms with Gasteiger partial charge in [0, 0.05) is 24.1 Å². The lowest BCUT2D eigenvalue weighted by atomic mass is 9.88. The molecule has 1 fully saturated rings. The van der Waals surface area contributed by atoms with Crippen LogP contribution in [0.5, 0.6) is 0 Å². The number of ether oxygens (including phenoxy) is 1. The van der Waals surface area contributed by atoms with E-state index in [9.17, 15) is 28.9 Å². The lowest BCUT2D eigenvalue weighted by Crippen LogP contribution is -2.61. The van der Waals surface area contributed by atoms with Crippen molar-refractivity contribution in [2.75, 3.05) is 18.1 Å². The van der Waals surface area contributed by atoms with Crippen molar-refractivity contribution in [3.05, 3.63) is 29.8 Å². The van der Waals surface area contributed by atoms with Crippen LogP contribution in [0.15, 0.2) is 24.3 Å². The molecule has 0 aromatic heterocycles. The van der Waals surface area contributed by atoms with Crippen LogP contribution in [0.2, 0.25) is 0 Å². The molecule has 0 spiro atoms. The molecule has 11 heteroatoms. The average molecular weight is 407 g/mol. The summed E-state index contributed by atoms with van der Waals surface area (Å²) in [6.45, 7) is 0. The molecule has 8 nitrogen and oxygen atoms in total. The van der Waals surface area contributed by atoms with Crippen molar-refractivity contribution < 1.29 is 33.6 Å². The first kappa shape index (κ1) is 21.8. The topological polar surface area (TPSA) is 137 Å². The van der Waals surface area contributed by atoms with Gasteiger partial charge >= 0.3 is 12.0 Å². The summed E-state index contributed by atoms with van der Waals surface area (Å²) in [7, 11) is 1.42. The predicted octanol–water partition coefficient (Wildman–Crippen LogP) is 0.377. The van der Waals surface area contributed by atoms with Crippen LogP contribution in [-0.2, 0) is 10.7 Å². The molecular weight excluding hydrogens is 384 g/mol. The summed E-state index contributed by atoms with van der Waals surface area (Å²) in [5.74, 6) is -3.33. The Balaban J connectivity index is 2.21. The predicted molar refractivity (Wildman–Crippen MR) is 96.4 cm³/mol. The number of aliphatic hydroxyl groups is 3. The minimum Gasteiger partial charge on any atom is -0.388 e. The van der Waals surface area contributed by atoms with Crippen molar-refractivity contribution in [2.24, 2.45) is 5.14 Å². The first-order chi connectivity index (χ1) is 12.7. The van der Waals surface area contributed by atoms with E-state index < -0.39 is 48.0 Å². The highest BCUT2D eigenvalue weighted by Gasteiger charge is 2.55.